The Morgan fingerprint density at radius 1 is 1.14 bits per heavy atom. The van der Waals surface area contributed by atoms with Gasteiger partial charge >= 0.3 is 0 Å². The molecule has 0 amide bonds. The Kier molecular flexibility index (Phi) is 4.50. The average molecular weight is 307 g/mol. The Balaban J connectivity index is 2.34. The van der Waals surface area contributed by atoms with Crippen molar-refractivity contribution in [1.29, 1.82) is 0 Å². The lowest BCUT2D eigenvalue weighted by atomic mass is 10.2. The molecule has 0 fully saturated rings. The highest BCUT2D eigenvalue weighted by molar-refractivity contribution is 7.90. The Labute approximate surface area is 124 Å². The van der Waals surface area contributed by atoms with Gasteiger partial charge in [-0.15, -0.1) is 0 Å². The second-order valence-electron chi connectivity index (χ2n) is 4.62. The molecule has 5 nitrogen and oxygen atoms in total. The van der Waals surface area contributed by atoms with Gasteiger partial charge in [-0.05, 0) is 29.8 Å². The van der Waals surface area contributed by atoms with Gasteiger partial charge in [-0.3, -0.25) is 0 Å². The second-order valence-corrected chi connectivity index (χ2v) is 6.61. The number of ether oxygens (including phenoxy) is 2. The lowest BCUT2D eigenvalue weighted by molar-refractivity contribution is 0.184. The number of para-hydroxylation sites is 1. The summed E-state index contributed by atoms with van der Waals surface area (Å²) >= 11 is 0. The number of sulfone groups is 1. The summed E-state index contributed by atoms with van der Waals surface area (Å²) < 4.78 is 34.0. The minimum absolute atomic E-state index is 0.0630. The first-order valence-electron chi connectivity index (χ1n) is 6.26. The third-order valence-electron chi connectivity index (χ3n) is 2.86. The first kappa shape index (κ1) is 15.3. The first-order valence-corrected chi connectivity index (χ1v) is 8.15. The van der Waals surface area contributed by atoms with Gasteiger partial charge in [0.15, 0.2) is 15.6 Å². The zero-order chi connectivity index (χ0) is 15.5. The molecule has 0 aliphatic carbocycles. The lowest BCUT2D eigenvalue weighted by Crippen LogP contribution is -2.03. The van der Waals surface area contributed by atoms with Crippen molar-refractivity contribution in [2.75, 3.05) is 19.1 Å². The fourth-order valence-corrected chi connectivity index (χ4v) is 2.75. The molecule has 0 heterocycles. The van der Waals surface area contributed by atoms with Gasteiger partial charge in [-0.1, -0.05) is 18.2 Å². The van der Waals surface area contributed by atoms with E-state index in [9.17, 15) is 8.42 Å². The quantitative estimate of drug-likeness (QED) is 0.859. The van der Waals surface area contributed by atoms with Crippen molar-refractivity contribution in [3.63, 3.8) is 0 Å². The predicted molar refractivity (Wildman–Crippen MR) is 81.2 cm³/mol. The van der Waals surface area contributed by atoms with Gasteiger partial charge in [0, 0.05) is 13.4 Å². The molecule has 2 N–H and O–H groups in total. The molecule has 0 unspecified atom stereocenters. The number of hydrogen-bond donors (Lipinski definition) is 1. The number of benzene rings is 2. The molecule has 0 aromatic heterocycles. The van der Waals surface area contributed by atoms with E-state index in [4.69, 9.17) is 15.2 Å². The number of rotatable bonds is 5. The van der Waals surface area contributed by atoms with E-state index in [1.807, 2.05) is 18.2 Å². The van der Waals surface area contributed by atoms with Crippen LogP contribution in [0.3, 0.4) is 0 Å². The van der Waals surface area contributed by atoms with Crippen LogP contribution in [0.25, 0.3) is 0 Å². The van der Waals surface area contributed by atoms with Crippen LogP contribution in [0.1, 0.15) is 5.56 Å². The van der Waals surface area contributed by atoms with Crippen LogP contribution in [0, 0.1) is 0 Å². The lowest BCUT2D eigenvalue weighted by Gasteiger charge is -2.12. The van der Waals surface area contributed by atoms with E-state index in [1.54, 1.807) is 25.3 Å². The maximum atomic E-state index is 11.6. The van der Waals surface area contributed by atoms with Crippen molar-refractivity contribution in [2.24, 2.45) is 0 Å². The average Bonchev–Trinajstić information content (AvgIpc) is 2.41. The highest BCUT2D eigenvalue weighted by atomic mass is 32.2. The van der Waals surface area contributed by atoms with Gasteiger partial charge in [0.25, 0.3) is 0 Å². The van der Waals surface area contributed by atoms with Crippen molar-refractivity contribution in [1.82, 2.24) is 0 Å². The summed E-state index contributed by atoms with van der Waals surface area (Å²) in [6.07, 6.45) is 1.11. The Bertz CT molecular complexity index is 741. The zero-order valence-corrected chi connectivity index (χ0v) is 12.7. The smallest absolute Gasteiger partial charge is 0.177 e. The molecule has 0 saturated heterocycles. The summed E-state index contributed by atoms with van der Waals surface area (Å²) in [7, 11) is -1.78. The van der Waals surface area contributed by atoms with Crippen LogP contribution >= 0.6 is 0 Å². The minimum atomic E-state index is -3.39. The molecule has 0 saturated carbocycles. The normalized spacial score (nSPS) is 11.3. The van der Waals surface area contributed by atoms with E-state index in [2.05, 4.69) is 0 Å². The summed E-state index contributed by atoms with van der Waals surface area (Å²) in [5.74, 6) is 0.884. The predicted octanol–water partition coefficient (Wildman–Crippen LogP) is 2.61. The first-order chi connectivity index (χ1) is 9.91. The van der Waals surface area contributed by atoms with E-state index >= 15 is 0 Å². The van der Waals surface area contributed by atoms with Crippen LogP contribution in [0.15, 0.2) is 47.4 Å². The molecular formula is C15H17NO4S. The molecule has 0 aliphatic heterocycles. The van der Waals surface area contributed by atoms with Crippen LogP contribution in [0.2, 0.25) is 0 Å². The minimum Gasteiger partial charge on any atom is -0.455 e. The summed E-state index contributed by atoms with van der Waals surface area (Å²) in [6, 6.07) is 12.0. The van der Waals surface area contributed by atoms with Gasteiger partial charge in [-0.25, -0.2) is 8.42 Å². The zero-order valence-electron chi connectivity index (χ0n) is 11.9. The molecular weight excluding hydrogens is 290 g/mol. The van der Waals surface area contributed by atoms with Crippen molar-refractivity contribution >= 4 is 15.5 Å². The number of anilines is 1. The van der Waals surface area contributed by atoms with E-state index < -0.39 is 9.84 Å². The molecule has 2 aromatic rings. The topological polar surface area (TPSA) is 78.6 Å². The van der Waals surface area contributed by atoms with Gasteiger partial charge in [0.05, 0.1) is 17.2 Å². The highest BCUT2D eigenvalue weighted by Crippen LogP contribution is 2.32. The maximum Gasteiger partial charge on any atom is 0.177 e. The van der Waals surface area contributed by atoms with E-state index in [0.717, 1.165) is 11.8 Å². The molecule has 0 aliphatic rings. The SMILES string of the molecule is COCc1cccc(Oc2cccc(S(C)(=O)=O)c2N)c1. The number of nitrogen functional groups attached to an aromatic ring is 1. The maximum absolute atomic E-state index is 11.6. The number of hydrogen-bond acceptors (Lipinski definition) is 5. The summed E-state index contributed by atoms with van der Waals surface area (Å²) in [5, 5.41) is 0. The fraction of sp³-hybridized carbons (Fsp3) is 0.200. The van der Waals surface area contributed by atoms with Gasteiger partial charge in [0.1, 0.15) is 5.75 Å². The summed E-state index contributed by atoms with van der Waals surface area (Å²) in [6.45, 7) is 0.468. The van der Waals surface area contributed by atoms with Crippen molar-refractivity contribution in [3.05, 3.63) is 48.0 Å². The molecule has 0 atom stereocenters. The molecule has 2 aromatic carbocycles. The van der Waals surface area contributed by atoms with Crippen LogP contribution in [0.4, 0.5) is 5.69 Å². The summed E-state index contributed by atoms with van der Waals surface area (Å²) in [4.78, 5) is 0.0630. The van der Waals surface area contributed by atoms with Crippen LogP contribution in [-0.4, -0.2) is 21.8 Å². The second kappa shape index (κ2) is 6.15. The van der Waals surface area contributed by atoms with Crippen LogP contribution in [0.5, 0.6) is 11.5 Å². The van der Waals surface area contributed by atoms with Gasteiger partial charge in [0.2, 0.25) is 0 Å². The Morgan fingerprint density at radius 3 is 2.52 bits per heavy atom. The third kappa shape index (κ3) is 3.74. The van der Waals surface area contributed by atoms with E-state index in [1.165, 1.54) is 6.07 Å². The van der Waals surface area contributed by atoms with Crippen molar-refractivity contribution in [2.45, 2.75) is 11.5 Å². The van der Waals surface area contributed by atoms with Crippen molar-refractivity contribution in [3.8, 4) is 11.5 Å². The standard InChI is InChI=1S/C15H17NO4S/c1-19-10-11-5-3-6-12(9-11)20-13-7-4-8-14(15(13)16)21(2,17)18/h3-9H,10,16H2,1-2H3. The summed E-state index contributed by atoms with van der Waals surface area (Å²) in [5.41, 5.74) is 6.95. The monoisotopic (exact) mass is 307 g/mol. The molecule has 2 rings (SSSR count). The molecule has 0 spiro atoms. The van der Waals surface area contributed by atoms with E-state index in [-0.39, 0.29) is 10.6 Å². The molecule has 21 heavy (non-hydrogen) atoms. The fourth-order valence-electron chi connectivity index (χ4n) is 1.93. The Hall–Kier alpha value is -2.05. The van der Waals surface area contributed by atoms with Gasteiger partial charge < -0.3 is 15.2 Å². The highest BCUT2D eigenvalue weighted by Gasteiger charge is 2.15. The molecule has 6 heteroatoms. The number of nitrogens with two attached hydrogens (primary N) is 1. The van der Waals surface area contributed by atoms with E-state index in [0.29, 0.717) is 18.1 Å². The molecule has 112 valence electrons. The Morgan fingerprint density at radius 2 is 1.86 bits per heavy atom. The van der Waals surface area contributed by atoms with Crippen molar-refractivity contribution < 1.29 is 17.9 Å². The van der Waals surface area contributed by atoms with Crippen LogP contribution in [-0.2, 0) is 21.2 Å². The molecule has 0 bridgehead atoms. The van der Waals surface area contributed by atoms with Crippen LogP contribution < -0.4 is 10.5 Å². The molecule has 0 radical (unpaired) electrons. The largest absolute Gasteiger partial charge is 0.455 e. The third-order valence-corrected chi connectivity index (χ3v) is 4.02. The number of methoxy groups -OCH3 is 1. The van der Waals surface area contributed by atoms with Gasteiger partial charge in [-0.2, -0.15) is 0 Å².